The highest BCUT2D eigenvalue weighted by molar-refractivity contribution is 6.74. The van der Waals surface area contributed by atoms with Crippen molar-refractivity contribution >= 4 is 14.4 Å². The molecule has 1 fully saturated rings. The Morgan fingerprint density at radius 1 is 1.18 bits per heavy atom. The number of hydrogen-bond acceptors (Lipinski definition) is 4. The molecule has 1 saturated heterocycles. The molecule has 22 heavy (non-hydrogen) atoms. The van der Waals surface area contributed by atoms with Gasteiger partial charge in [-0.3, -0.25) is 0 Å². The first-order valence-corrected chi connectivity index (χ1v) is 10.9. The molecule has 2 atom stereocenters. The van der Waals surface area contributed by atoms with Crippen LogP contribution in [-0.2, 0) is 9.16 Å². The van der Waals surface area contributed by atoms with Crippen molar-refractivity contribution in [3.63, 3.8) is 0 Å². The summed E-state index contributed by atoms with van der Waals surface area (Å²) < 4.78 is 11.5. The van der Waals surface area contributed by atoms with Gasteiger partial charge in [0.1, 0.15) is 5.60 Å². The predicted molar refractivity (Wildman–Crippen MR) is 90.5 cm³/mol. The lowest BCUT2D eigenvalue weighted by atomic mass is 10.1. The van der Waals surface area contributed by atoms with Crippen LogP contribution in [0.15, 0.2) is 0 Å². The molecular weight excluding hydrogens is 298 g/mol. The fraction of sp³-hybridized carbons (Fsp3) is 0.938. The lowest BCUT2D eigenvalue weighted by Gasteiger charge is -2.37. The maximum Gasteiger partial charge on any atom is 0.410 e. The third-order valence-electron chi connectivity index (χ3n) is 4.52. The molecule has 1 rings (SSSR count). The molecule has 1 amide bonds. The molecule has 130 valence electrons. The van der Waals surface area contributed by atoms with Crippen LogP contribution in [0.2, 0.25) is 18.1 Å². The van der Waals surface area contributed by atoms with Crippen LogP contribution in [0.5, 0.6) is 0 Å². The number of amides is 1. The summed E-state index contributed by atoms with van der Waals surface area (Å²) in [6, 6.07) is 0. The monoisotopic (exact) mass is 331 g/mol. The van der Waals surface area contributed by atoms with E-state index >= 15 is 0 Å². The standard InChI is InChI=1S/C16H33NO4Si/c1-15(2,3)21-14(19)17-9-12(13(18)10-17)11-20-22(7,8)16(4,5)6/h12-13,18H,9-11H2,1-8H3/t12-,13+/m1/s1. The van der Waals surface area contributed by atoms with E-state index in [1.807, 2.05) is 20.8 Å². The summed E-state index contributed by atoms with van der Waals surface area (Å²) in [5.74, 6) is -0.0401. The number of aliphatic hydroxyl groups is 1. The fourth-order valence-electron chi connectivity index (χ4n) is 2.03. The minimum atomic E-state index is -1.84. The maximum atomic E-state index is 12.1. The Hall–Kier alpha value is -0.593. The lowest BCUT2D eigenvalue weighted by Crippen LogP contribution is -2.43. The van der Waals surface area contributed by atoms with Crippen LogP contribution in [-0.4, -0.2) is 55.8 Å². The SMILES string of the molecule is CC(C)(C)OC(=O)N1C[C@H](CO[Si](C)(C)C(C)(C)C)[C@@H](O)C1. The van der Waals surface area contributed by atoms with Gasteiger partial charge in [-0.25, -0.2) is 4.79 Å². The third-order valence-corrected chi connectivity index (χ3v) is 9.02. The second kappa shape index (κ2) is 6.49. The number of aliphatic hydroxyl groups excluding tert-OH is 1. The van der Waals surface area contributed by atoms with Gasteiger partial charge in [-0.15, -0.1) is 0 Å². The van der Waals surface area contributed by atoms with Gasteiger partial charge in [0.15, 0.2) is 8.32 Å². The Bertz CT molecular complexity index is 398. The van der Waals surface area contributed by atoms with Crippen molar-refractivity contribution in [2.45, 2.75) is 71.4 Å². The predicted octanol–water partition coefficient (Wildman–Crippen LogP) is 3.24. The minimum Gasteiger partial charge on any atom is -0.444 e. The quantitative estimate of drug-likeness (QED) is 0.807. The number of β-amino-alcohol motifs (C(OH)–C–C–N with tert-alkyl or cyclic N) is 1. The zero-order valence-corrected chi connectivity index (χ0v) is 16.4. The zero-order valence-electron chi connectivity index (χ0n) is 15.4. The molecule has 0 aliphatic carbocycles. The molecule has 0 unspecified atom stereocenters. The van der Waals surface area contributed by atoms with Crippen molar-refractivity contribution in [1.82, 2.24) is 4.90 Å². The van der Waals surface area contributed by atoms with Crippen molar-refractivity contribution < 1.29 is 19.1 Å². The maximum absolute atomic E-state index is 12.1. The Labute approximate surface area is 136 Å². The van der Waals surface area contributed by atoms with E-state index in [1.54, 1.807) is 4.90 Å². The Morgan fingerprint density at radius 3 is 2.18 bits per heavy atom. The molecule has 0 bridgehead atoms. The Kier molecular flexibility index (Phi) is 5.74. The topological polar surface area (TPSA) is 59.0 Å². The van der Waals surface area contributed by atoms with Gasteiger partial charge in [0.25, 0.3) is 0 Å². The fourth-order valence-corrected chi connectivity index (χ4v) is 3.09. The van der Waals surface area contributed by atoms with Crippen LogP contribution in [0.25, 0.3) is 0 Å². The van der Waals surface area contributed by atoms with E-state index in [1.165, 1.54) is 0 Å². The molecule has 0 spiro atoms. The molecule has 1 N–H and O–H groups in total. The average molecular weight is 332 g/mol. The van der Waals surface area contributed by atoms with E-state index in [-0.39, 0.29) is 17.0 Å². The molecule has 0 aromatic rings. The highest BCUT2D eigenvalue weighted by atomic mass is 28.4. The number of rotatable bonds is 3. The summed E-state index contributed by atoms with van der Waals surface area (Å²) in [4.78, 5) is 13.7. The highest BCUT2D eigenvalue weighted by Gasteiger charge is 2.41. The molecule has 0 aromatic carbocycles. The molecule has 0 radical (unpaired) electrons. The Morgan fingerprint density at radius 2 is 1.73 bits per heavy atom. The molecule has 0 aromatic heterocycles. The second-order valence-corrected chi connectivity index (χ2v) is 13.6. The van der Waals surface area contributed by atoms with Crippen LogP contribution in [0.3, 0.4) is 0 Å². The largest absolute Gasteiger partial charge is 0.444 e. The molecule has 1 aliphatic heterocycles. The average Bonchev–Trinajstić information content (AvgIpc) is 2.64. The van der Waals surface area contributed by atoms with Gasteiger partial charge >= 0.3 is 6.09 Å². The summed E-state index contributed by atoms with van der Waals surface area (Å²) in [7, 11) is -1.84. The first-order valence-electron chi connectivity index (χ1n) is 8.03. The van der Waals surface area contributed by atoms with E-state index in [0.717, 1.165) is 0 Å². The van der Waals surface area contributed by atoms with E-state index in [4.69, 9.17) is 9.16 Å². The van der Waals surface area contributed by atoms with Gasteiger partial charge in [0, 0.05) is 19.1 Å². The van der Waals surface area contributed by atoms with E-state index < -0.39 is 20.0 Å². The number of carbonyl (C=O) groups excluding carboxylic acids is 1. The van der Waals surface area contributed by atoms with E-state index in [9.17, 15) is 9.90 Å². The molecule has 5 nitrogen and oxygen atoms in total. The number of ether oxygens (including phenoxy) is 1. The van der Waals surface area contributed by atoms with Crippen molar-refractivity contribution in [3.05, 3.63) is 0 Å². The zero-order chi connectivity index (χ0) is 17.3. The summed E-state index contributed by atoms with van der Waals surface area (Å²) >= 11 is 0. The van der Waals surface area contributed by atoms with Gasteiger partial charge in [-0.2, -0.15) is 0 Å². The number of likely N-dealkylation sites (tertiary alicyclic amines) is 1. The van der Waals surface area contributed by atoms with Crippen LogP contribution >= 0.6 is 0 Å². The minimum absolute atomic E-state index is 0.0401. The summed E-state index contributed by atoms with van der Waals surface area (Å²) in [6.45, 7) is 17.8. The van der Waals surface area contributed by atoms with Crippen molar-refractivity contribution in [2.24, 2.45) is 5.92 Å². The van der Waals surface area contributed by atoms with Crippen molar-refractivity contribution in [1.29, 1.82) is 0 Å². The number of hydrogen-bond donors (Lipinski definition) is 1. The normalized spacial score (nSPS) is 23.8. The van der Waals surface area contributed by atoms with Crippen LogP contribution in [0.4, 0.5) is 4.79 Å². The lowest BCUT2D eigenvalue weighted by molar-refractivity contribution is 0.0269. The molecule has 6 heteroatoms. The third kappa shape index (κ3) is 5.24. The van der Waals surface area contributed by atoms with E-state index in [2.05, 4.69) is 33.9 Å². The summed E-state index contributed by atoms with van der Waals surface area (Å²) in [5.41, 5.74) is -0.516. The molecule has 0 saturated carbocycles. The molecular formula is C16H33NO4Si. The van der Waals surface area contributed by atoms with Crippen LogP contribution < -0.4 is 0 Å². The number of carbonyl (C=O) groups is 1. The summed E-state index contributed by atoms with van der Waals surface area (Å²) in [6.07, 6.45) is -0.904. The van der Waals surface area contributed by atoms with Crippen LogP contribution in [0.1, 0.15) is 41.5 Å². The second-order valence-electron chi connectivity index (χ2n) is 8.78. The van der Waals surface area contributed by atoms with E-state index in [0.29, 0.717) is 19.7 Å². The van der Waals surface area contributed by atoms with Gasteiger partial charge in [-0.1, -0.05) is 20.8 Å². The van der Waals surface area contributed by atoms with Crippen molar-refractivity contribution in [2.75, 3.05) is 19.7 Å². The molecule has 1 aliphatic rings. The smallest absolute Gasteiger partial charge is 0.410 e. The number of nitrogens with zero attached hydrogens (tertiary/aromatic N) is 1. The van der Waals surface area contributed by atoms with Gasteiger partial charge in [-0.05, 0) is 38.9 Å². The van der Waals surface area contributed by atoms with Gasteiger partial charge < -0.3 is 19.2 Å². The van der Waals surface area contributed by atoms with Crippen LogP contribution in [0, 0.1) is 5.92 Å². The van der Waals surface area contributed by atoms with Gasteiger partial charge in [0.05, 0.1) is 12.6 Å². The molecule has 1 heterocycles. The summed E-state index contributed by atoms with van der Waals surface area (Å²) in [5, 5.41) is 10.3. The van der Waals surface area contributed by atoms with Gasteiger partial charge in [0.2, 0.25) is 0 Å². The first kappa shape index (κ1) is 19.5. The first-order chi connectivity index (χ1) is 9.73. The highest BCUT2D eigenvalue weighted by Crippen LogP contribution is 2.37. The van der Waals surface area contributed by atoms with Crippen molar-refractivity contribution in [3.8, 4) is 0 Å². The Balaban J connectivity index is 2.56.